The number of rotatable bonds is 6. The number of hydrogen-bond acceptors (Lipinski definition) is 2. The molecule has 0 heterocycles. The summed E-state index contributed by atoms with van der Waals surface area (Å²) in [5, 5.41) is 9.73. The lowest BCUT2D eigenvalue weighted by molar-refractivity contribution is 0.00786. The van der Waals surface area contributed by atoms with E-state index in [1.807, 2.05) is 19.9 Å². The van der Waals surface area contributed by atoms with Gasteiger partial charge in [-0.25, -0.2) is 0 Å². The molecule has 0 aliphatic rings. The molecule has 0 saturated heterocycles. The van der Waals surface area contributed by atoms with E-state index in [1.165, 1.54) is 31.2 Å². The topological polar surface area (TPSA) is 37.3 Å². The molecule has 0 saturated carbocycles. The van der Waals surface area contributed by atoms with Crippen LogP contribution in [0.4, 0.5) is 8.78 Å². The van der Waals surface area contributed by atoms with Crippen LogP contribution in [-0.2, 0) is 0 Å². The van der Waals surface area contributed by atoms with E-state index in [4.69, 9.17) is 0 Å². The standard InChI is InChI=1S/C17H20F2O2/c1-12(2)8-7-9-13(3)15(20)17(18,19)16(21)14-10-5-4-6-11-14/h4-6,8,10-11,20H,7,9H2,1-3H3/b15-13+. The molecule has 1 N–H and O–H groups in total. The molecule has 1 aromatic carbocycles. The maximum absolute atomic E-state index is 14.1. The molecule has 0 radical (unpaired) electrons. The van der Waals surface area contributed by atoms with Gasteiger partial charge < -0.3 is 5.11 Å². The molecular weight excluding hydrogens is 274 g/mol. The van der Waals surface area contributed by atoms with E-state index in [1.54, 1.807) is 6.07 Å². The molecule has 1 rings (SSSR count). The van der Waals surface area contributed by atoms with Gasteiger partial charge in [-0.3, -0.25) is 4.79 Å². The third-order valence-corrected chi connectivity index (χ3v) is 3.09. The molecule has 0 spiro atoms. The Bertz CT molecular complexity index is 553. The highest BCUT2D eigenvalue weighted by Crippen LogP contribution is 2.30. The highest BCUT2D eigenvalue weighted by molar-refractivity contribution is 6.03. The molecule has 0 amide bonds. The Hall–Kier alpha value is -1.97. The van der Waals surface area contributed by atoms with Gasteiger partial charge in [0, 0.05) is 5.56 Å². The van der Waals surface area contributed by atoms with Crippen LogP contribution in [0.25, 0.3) is 0 Å². The Morgan fingerprint density at radius 1 is 1.19 bits per heavy atom. The number of benzene rings is 1. The molecule has 0 fully saturated rings. The van der Waals surface area contributed by atoms with Gasteiger partial charge in [-0.2, -0.15) is 8.78 Å². The van der Waals surface area contributed by atoms with Crippen molar-refractivity contribution in [3.8, 4) is 0 Å². The smallest absolute Gasteiger partial charge is 0.365 e. The predicted molar refractivity (Wildman–Crippen MR) is 79.7 cm³/mol. The minimum Gasteiger partial charge on any atom is -0.506 e. The molecule has 0 atom stereocenters. The largest absolute Gasteiger partial charge is 0.506 e. The van der Waals surface area contributed by atoms with Gasteiger partial charge in [0.25, 0.3) is 0 Å². The minimum absolute atomic E-state index is 0.119. The number of aliphatic hydroxyl groups excluding tert-OH is 1. The van der Waals surface area contributed by atoms with Gasteiger partial charge in [0.15, 0.2) is 5.76 Å². The number of Topliss-reactive ketones (excluding diaryl/α,β-unsaturated/α-hetero) is 1. The van der Waals surface area contributed by atoms with Gasteiger partial charge in [0.2, 0.25) is 5.78 Å². The molecule has 0 aliphatic heterocycles. The zero-order valence-electron chi connectivity index (χ0n) is 12.5. The van der Waals surface area contributed by atoms with Crippen molar-refractivity contribution in [1.82, 2.24) is 0 Å². The van der Waals surface area contributed by atoms with E-state index in [2.05, 4.69) is 0 Å². The normalized spacial score (nSPS) is 12.6. The molecule has 0 bridgehead atoms. The average molecular weight is 294 g/mol. The van der Waals surface area contributed by atoms with Crippen molar-refractivity contribution < 1.29 is 18.7 Å². The van der Waals surface area contributed by atoms with Crippen LogP contribution in [0, 0.1) is 0 Å². The van der Waals surface area contributed by atoms with E-state index < -0.39 is 17.5 Å². The summed E-state index contributed by atoms with van der Waals surface area (Å²) in [6.07, 6.45) is 2.73. The molecule has 0 aliphatic carbocycles. The summed E-state index contributed by atoms with van der Waals surface area (Å²) in [6, 6.07) is 7.26. The Balaban J connectivity index is 2.94. The van der Waals surface area contributed by atoms with E-state index in [0.29, 0.717) is 6.42 Å². The maximum atomic E-state index is 14.1. The van der Waals surface area contributed by atoms with Crippen LogP contribution >= 0.6 is 0 Å². The first-order chi connectivity index (χ1) is 9.76. The van der Waals surface area contributed by atoms with E-state index in [0.717, 1.165) is 5.57 Å². The third-order valence-electron chi connectivity index (χ3n) is 3.09. The first kappa shape index (κ1) is 17.1. The van der Waals surface area contributed by atoms with Crippen LogP contribution in [0.5, 0.6) is 0 Å². The highest BCUT2D eigenvalue weighted by Gasteiger charge is 2.44. The zero-order chi connectivity index (χ0) is 16.0. The predicted octanol–water partition coefficient (Wildman–Crippen LogP) is 5.08. The fraction of sp³-hybridized carbons (Fsp3) is 0.353. The van der Waals surface area contributed by atoms with Crippen molar-refractivity contribution in [3.05, 3.63) is 58.9 Å². The number of alkyl halides is 2. The number of aliphatic hydroxyl groups is 1. The summed E-state index contributed by atoms with van der Waals surface area (Å²) in [5.41, 5.74) is 1.09. The van der Waals surface area contributed by atoms with Crippen LogP contribution in [0.1, 0.15) is 44.0 Å². The number of hydrogen-bond donors (Lipinski definition) is 1. The van der Waals surface area contributed by atoms with Crippen LogP contribution in [0.15, 0.2) is 53.3 Å². The Morgan fingerprint density at radius 2 is 1.76 bits per heavy atom. The first-order valence-electron chi connectivity index (χ1n) is 6.77. The highest BCUT2D eigenvalue weighted by atomic mass is 19.3. The van der Waals surface area contributed by atoms with Crippen molar-refractivity contribution in [3.63, 3.8) is 0 Å². The molecule has 4 heteroatoms. The molecule has 1 aromatic rings. The maximum Gasteiger partial charge on any atom is 0.365 e. The van der Waals surface area contributed by atoms with Crippen LogP contribution in [0.2, 0.25) is 0 Å². The fourth-order valence-corrected chi connectivity index (χ4v) is 1.84. The van der Waals surface area contributed by atoms with Gasteiger partial charge in [-0.05, 0) is 39.2 Å². The molecule has 21 heavy (non-hydrogen) atoms. The number of halogens is 2. The lowest BCUT2D eigenvalue weighted by atomic mass is 10.00. The molecule has 0 aromatic heterocycles. The second-order valence-electron chi connectivity index (χ2n) is 5.22. The third kappa shape index (κ3) is 4.52. The second-order valence-corrected chi connectivity index (χ2v) is 5.22. The zero-order valence-corrected chi connectivity index (χ0v) is 12.5. The lowest BCUT2D eigenvalue weighted by Crippen LogP contribution is -2.32. The van der Waals surface area contributed by atoms with Crippen molar-refractivity contribution in [2.75, 3.05) is 0 Å². The Kier molecular flexibility index (Phi) is 5.82. The van der Waals surface area contributed by atoms with Crippen molar-refractivity contribution in [2.45, 2.75) is 39.5 Å². The van der Waals surface area contributed by atoms with Gasteiger partial charge in [0.05, 0.1) is 0 Å². The SMILES string of the molecule is CC(C)=CCC/C(C)=C(/O)C(F)(F)C(=O)c1ccccc1. The van der Waals surface area contributed by atoms with Crippen LogP contribution < -0.4 is 0 Å². The summed E-state index contributed by atoms with van der Waals surface area (Å²) < 4.78 is 28.1. The number of carbonyl (C=O) groups is 1. The second kappa shape index (κ2) is 7.16. The number of carbonyl (C=O) groups excluding carboxylic acids is 1. The Labute approximate surface area is 123 Å². The monoisotopic (exact) mass is 294 g/mol. The van der Waals surface area contributed by atoms with E-state index in [9.17, 15) is 18.7 Å². The van der Waals surface area contributed by atoms with Crippen LogP contribution in [0.3, 0.4) is 0 Å². The van der Waals surface area contributed by atoms with Crippen molar-refractivity contribution in [2.24, 2.45) is 0 Å². The molecule has 114 valence electrons. The summed E-state index contributed by atoms with van der Waals surface area (Å²) >= 11 is 0. The molecule has 0 unspecified atom stereocenters. The summed E-state index contributed by atoms with van der Waals surface area (Å²) in [5.74, 6) is -6.42. The van der Waals surface area contributed by atoms with Gasteiger partial charge in [-0.15, -0.1) is 0 Å². The van der Waals surface area contributed by atoms with Crippen molar-refractivity contribution in [1.29, 1.82) is 0 Å². The van der Waals surface area contributed by atoms with E-state index >= 15 is 0 Å². The summed E-state index contributed by atoms with van der Waals surface area (Å²) in [4.78, 5) is 11.8. The first-order valence-corrected chi connectivity index (χ1v) is 6.77. The molecule has 2 nitrogen and oxygen atoms in total. The quantitative estimate of drug-likeness (QED) is 0.451. The summed E-state index contributed by atoms with van der Waals surface area (Å²) in [6.45, 7) is 5.24. The fourth-order valence-electron chi connectivity index (χ4n) is 1.84. The van der Waals surface area contributed by atoms with Crippen LogP contribution in [-0.4, -0.2) is 16.8 Å². The Morgan fingerprint density at radius 3 is 2.29 bits per heavy atom. The van der Waals surface area contributed by atoms with Gasteiger partial charge in [0.1, 0.15) is 0 Å². The van der Waals surface area contributed by atoms with Gasteiger partial charge in [-0.1, -0.05) is 42.0 Å². The summed E-state index contributed by atoms with van der Waals surface area (Å²) in [7, 11) is 0. The van der Waals surface area contributed by atoms with E-state index in [-0.39, 0.29) is 17.6 Å². The van der Waals surface area contributed by atoms with Gasteiger partial charge >= 0.3 is 5.92 Å². The van der Waals surface area contributed by atoms with Crippen molar-refractivity contribution >= 4 is 5.78 Å². The average Bonchev–Trinajstić information content (AvgIpc) is 2.45. The lowest BCUT2D eigenvalue weighted by Gasteiger charge is -2.16. The number of allylic oxidation sites excluding steroid dienone is 4. The molecular formula is C17H20F2O2. The minimum atomic E-state index is -3.89. The number of ketones is 1.